The van der Waals surface area contributed by atoms with E-state index in [1.165, 1.54) is 6.20 Å². The molecule has 3 amide bonds. The predicted molar refractivity (Wildman–Crippen MR) is 119 cm³/mol. The number of thiazole rings is 1. The highest BCUT2D eigenvalue weighted by molar-refractivity contribution is 7.81. The van der Waals surface area contributed by atoms with Gasteiger partial charge in [-0.2, -0.15) is 0 Å². The van der Waals surface area contributed by atoms with Crippen molar-refractivity contribution in [2.75, 3.05) is 29.3 Å². The first-order valence-corrected chi connectivity index (χ1v) is 12.5. The van der Waals surface area contributed by atoms with Crippen LogP contribution in [-0.2, 0) is 20.9 Å². The lowest BCUT2D eigenvalue weighted by Gasteiger charge is -2.43. The number of hydrogen-bond acceptors (Lipinski definition) is 7. The van der Waals surface area contributed by atoms with Crippen LogP contribution in [0.15, 0.2) is 6.20 Å². The van der Waals surface area contributed by atoms with Crippen LogP contribution in [0.1, 0.15) is 51.9 Å². The number of carbonyl (C=O) groups is 3. The van der Waals surface area contributed by atoms with E-state index in [4.69, 9.17) is 5.11 Å². The predicted octanol–water partition coefficient (Wildman–Crippen LogP) is 2.01. The van der Waals surface area contributed by atoms with Crippen LogP contribution in [0.4, 0.5) is 14.9 Å². The van der Waals surface area contributed by atoms with Crippen LogP contribution in [0.5, 0.6) is 0 Å². The number of carboxylic acid groups (broad SMARTS) is 1. The quantitative estimate of drug-likeness (QED) is 0.560. The zero-order valence-electron chi connectivity index (χ0n) is 17.9. The Labute approximate surface area is 193 Å². The minimum atomic E-state index is -2.78. The van der Waals surface area contributed by atoms with Gasteiger partial charge in [0.1, 0.15) is 11.5 Å². The summed E-state index contributed by atoms with van der Waals surface area (Å²) in [4.78, 5) is 43.7. The van der Waals surface area contributed by atoms with Crippen LogP contribution >= 0.6 is 11.3 Å². The first kappa shape index (κ1) is 24.4. The smallest absolute Gasteiger partial charge is 0.324 e. The lowest BCUT2D eigenvalue weighted by molar-refractivity contribution is -0.135. The molecule has 1 aliphatic carbocycles. The molecule has 2 N–H and O–H groups in total. The second kappa shape index (κ2) is 11.1. The monoisotopic (exact) mass is 486 g/mol. The van der Waals surface area contributed by atoms with Gasteiger partial charge in [-0.25, -0.2) is 9.78 Å². The SMILES string of the molecule is CC(=O)N1CCC(N(C(=O)Nc2ncc(N(CC(=O)O)S(=O)[O-])s2)C2CCCCC2)CC1. The average Bonchev–Trinajstić information content (AvgIpc) is 3.21. The van der Waals surface area contributed by atoms with Crippen LogP contribution in [0.3, 0.4) is 0 Å². The largest absolute Gasteiger partial charge is 0.755 e. The summed E-state index contributed by atoms with van der Waals surface area (Å²) >= 11 is -1.88. The third-order valence-corrected chi connectivity index (χ3v) is 7.65. The molecule has 0 radical (unpaired) electrons. The summed E-state index contributed by atoms with van der Waals surface area (Å²) < 4.78 is 23.4. The van der Waals surface area contributed by atoms with Crippen molar-refractivity contribution in [3.63, 3.8) is 0 Å². The summed E-state index contributed by atoms with van der Waals surface area (Å²) in [5, 5.41) is 12.0. The van der Waals surface area contributed by atoms with Gasteiger partial charge in [0, 0.05) is 43.4 Å². The molecule has 1 aromatic heterocycles. The van der Waals surface area contributed by atoms with E-state index in [1.54, 1.807) is 11.8 Å². The Bertz CT molecular complexity index is 851. The molecule has 2 heterocycles. The number of nitrogens with one attached hydrogen (secondary N) is 1. The Kier molecular flexibility index (Phi) is 8.43. The normalized spacial score (nSPS) is 18.8. The lowest BCUT2D eigenvalue weighted by atomic mass is 9.91. The van der Waals surface area contributed by atoms with Crippen LogP contribution in [-0.4, -0.2) is 78.3 Å². The number of carboxylic acids is 1. The number of nitrogens with zero attached hydrogens (tertiary/aromatic N) is 4. The number of urea groups is 1. The summed E-state index contributed by atoms with van der Waals surface area (Å²) in [7, 11) is 0. The highest BCUT2D eigenvalue weighted by Crippen LogP contribution is 2.31. The molecule has 13 heteroatoms. The van der Waals surface area contributed by atoms with Crippen molar-refractivity contribution in [3.8, 4) is 0 Å². The maximum Gasteiger partial charge on any atom is 0.324 e. The van der Waals surface area contributed by atoms with Crippen LogP contribution in [0.25, 0.3) is 0 Å². The second-order valence-electron chi connectivity index (χ2n) is 8.02. The number of hydrogen-bond donors (Lipinski definition) is 2. The molecule has 11 nitrogen and oxygen atoms in total. The molecule has 1 aliphatic heterocycles. The first-order chi connectivity index (χ1) is 15.3. The molecular weight excluding hydrogens is 458 g/mol. The minimum absolute atomic E-state index is 0.00536. The molecule has 1 aromatic rings. The summed E-state index contributed by atoms with van der Waals surface area (Å²) in [6.45, 7) is 2.04. The van der Waals surface area contributed by atoms with Crippen molar-refractivity contribution >= 4 is 50.6 Å². The number of rotatable bonds is 7. The molecule has 1 atom stereocenters. The maximum atomic E-state index is 13.3. The van der Waals surface area contributed by atoms with Gasteiger partial charge in [0.25, 0.3) is 0 Å². The van der Waals surface area contributed by atoms with Crippen molar-refractivity contribution in [3.05, 3.63) is 6.20 Å². The van der Waals surface area contributed by atoms with E-state index < -0.39 is 23.8 Å². The molecule has 0 aromatic carbocycles. The Morgan fingerprint density at radius 3 is 2.41 bits per heavy atom. The second-order valence-corrected chi connectivity index (χ2v) is 9.90. The van der Waals surface area contributed by atoms with Crippen molar-refractivity contribution in [1.29, 1.82) is 0 Å². The van der Waals surface area contributed by atoms with Crippen LogP contribution < -0.4 is 9.62 Å². The Morgan fingerprint density at radius 2 is 1.84 bits per heavy atom. The number of carbonyl (C=O) groups excluding carboxylic acids is 2. The molecule has 2 aliphatic rings. The van der Waals surface area contributed by atoms with E-state index in [9.17, 15) is 23.1 Å². The summed E-state index contributed by atoms with van der Waals surface area (Å²) in [6.07, 6.45) is 7.74. The Balaban J connectivity index is 1.73. The molecule has 0 spiro atoms. The fraction of sp³-hybridized carbons (Fsp3) is 0.684. The fourth-order valence-electron chi connectivity index (χ4n) is 4.37. The van der Waals surface area contributed by atoms with Gasteiger partial charge in [-0.15, -0.1) is 0 Å². The highest BCUT2D eigenvalue weighted by atomic mass is 32.2. The fourth-order valence-corrected chi connectivity index (χ4v) is 5.79. The molecular formula is C19H28N5O6S2-. The van der Waals surface area contributed by atoms with Crippen LogP contribution in [0.2, 0.25) is 0 Å². The number of anilines is 2. The van der Waals surface area contributed by atoms with Crippen LogP contribution in [0, 0.1) is 0 Å². The van der Waals surface area contributed by atoms with Gasteiger partial charge in [0.2, 0.25) is 5.91 Å². The van der Waals surface area contributed by atoms with Gasteiger partial charge in [-0.05, 0) is 25.7 Å². The van der Waals surface area contributed by atoms with Crippen molar-refractivity contribution in [1.82, 2.24) is 14.8 Å². The molecule has 0 bridgehead atoms. The van der Waals surface area contributed by atoms with Crippen molar-refractivity contribution in [2.24, 2.45) is 0 Å². The molecule has 1 unspecified atom stereocenters. The Hall–Kier alpha value is -2.25. The molecule has 32 heavy (non-hydrogen) atoms. The molecule has 1 saturated carbocycles. The number of aromatic nitrogens is 1. The zero-order valence-corrected chi connectivity index (χ0v) is 19.5. The van der Waals surface area contributed by atoms with Gasteiger partial charge < -0.3 is 19.5 Å². The van der Waals surface area contributed by atoms with Crippen molar-refractivity contribution < 1.29 is 28.3 Å². The van der Waals surface area contributed by atoms with Gasteiger partial charge in [-0.3, -0.25) is 23.4 Å². The van der Waals surface area contributed by atoms with E-state index >= 15 is 0 Å². The van der Waals surface area contributed by atoms with Gasteiger partial charge in [-0.1, -0.05) is 30.6 Å². The van der Waals surface area contributed by atoms with E-state index in [0.29, 0.717) is 30.2 Å². The Morgan fingerprint density at radius 1 is 1.22 bits per heavy atom. The summed E-state index contributed by atoms with van der Waals surface area (Å²) in [5.41, 5.74) is 0. The third kappa shape index (κ3) is 6.17. The highest BCUT2D eigenvalue weighted by Gasteiger charge is 2.34. The number of likely N-dealkylation sites (tertiary alicyclic amines) is 1. The maximum absolute atomic E-state index is 13.3. The molecule has 3 rings (SSSR count). The van der Waals surface area contributed by atoms with Crippen molar-refractivity contribution in [2.45, 2.75) is 64.0 Å². The van der Waals surface area contributed by atoms with E-state index in [2.05, 4.69) is 10.3 Å². The van der Waals surface area contributed by atoms with Gasteiger partial charge >= 0.3 is 12.0 Å². The minimum Gasteiger partial charge on any atom is -0.755 e. The topological polar surface area (TPSA) is 146 Å². The van der Waals surface area contributed by atoms with E-state index in [0.717, 1.165) is 43.4 Å². The first-order valence-electron chi connectivity index (χ1n) is 10.7. The van der Waals surface area contributed by atoms with Gasteiger partial charge in [0.05, 0.1) is 6.20 Å². The number of piperidine rings is 1. The van der Waals surface area contributed by atoms with E-state index in [-0.39, 0.29) is 34.2 Å². The lowest BCUT2D eigenvalue weighted by Crippen LogP contribution is -2.54. The molecule has 178 valence electrons. The molecule has 2 fully saturated rings. The standard InChI is InChI=1S/C19H29N5O6S2/c1-13(25)22-9-7-15(8-10-22)24(14-5-3-2-4-6-14)19(28)21-18-20-11-16(31-18)23(32(29)30)12-17(26)27/h11,14-15H,2-10,12H2,1H3,(H,26,27)(H,29,30)(H,20,21,28)/p-1. The average molecular weight is 487 g/mol. The third-order valence-electron chi connectivity index (χ3n) is 5.92. The molecule has 1 saturated heterocycles. The van der Waals surface area contributed by atoms with Gasteiger partial charge in [0.15, 0.2) is 5.13 Å². The zero-order chi connectivity index (χ0) is 23.3. The number of aliphatic carboxylic acids is 1. The van der Waals surface area contributed by atoms with E-state index in [1.807, 2.05) is 4.90 Å². The number of amides is 3. The summed E-state index contributed by atoms with van der Waals surface area (Å²) in [6, 6.07) is -0.187. The summed E-state index contributed by atoms with van der Waals surface area (Å²) in [5.74, 6) is -1.26.